The number of nitrogens with zero attached hydrogens (tertiary/aromatic N) is 2. The summed E-state index contributed by atoms with van der Waals surface area (Å²) in [5, 5.41) is 4.56. The van der Waals surface area contributed by atoms with E-state index in [9.17, 15) is 0 Å². The Morgan fingerprint density at radius 2 is 1.51 bits per heavy atom. The standard InChI is InChI=1S/C32H26NO.C13H12N.Ir/c1-32(2,3)20-21-16-17-33-28(18-21)23-9-6-8-22(19-23)24-11-7-12-26-25(24)14-15-30-31(26)27-10-4-5-13-29(27)34-30;1-10-3-6-12(7-4-10)13-8-5-11(2)9-14-13;/h4-8,10-19H,20H2,1-3H3;3-6,8-9H,1-2H3;/q2*-1;/i20D2;;. The van der Waals surface area contributed by atoms with Crippen molar-refractivity contribution in [1.29, 1.82) is 0 Å². The molecule has 49 heavy (non-hydrogen) atoms. The normalized spacial score (nSPS) is 12.2. The minimum absolute atomic E-state index is 0. The number of rotatable bonds is 4. The minimum atomic E-state index is -1.49. The van der Waals surface area contributed by atoms with E-state index in [0.29, 0.717) is 11.3 Å². The Bertz CT molecular complexity index is 2420. The zero-order valence-corrected chi connectivity index (χ0v) is 30.7. The van der Waals surface area contributed by atoms with Crippen LogP contribution in [0, 0.1) is 31.4 Å². The fourth-order valence-corrected chi connectivity index (χ4v) is 5.99. The summed E-state index contributed by atoms with van der Waals surface area (Å²) in [7, 11) is 0. The van der Waals surface area contributed by atoms with Gasteiger partial charge in [0, 0.05) is 46.0 Å². The van der Waals surface area contributed by atoms with E-state index in [1.165, 1.54) is 11.1 Å². The van der Waals surface area contributed by atoms with Crippen LogP contribution in [-0.2, 0) is 26.5 Å². The van der Waals surface area contributed by atoms with Crippen LogP contribution in [0.1, 0.15) is 40.2 Å². The molecule has 0 saturated heterocycles. The number of para-hydroxylation sites is 1. The molecule has 8 aromatic rings. The van der Waals surface area contributed by atoms with Crippen LogP contribution in [0.4, 0.5) is 0 Å². The molecule has 0 spiro atoms. The summed E-state index contributed by atoms with van der Waals surface area (Å²) in [6.07, 6.45) is 2.08. The molecule has 0 atom stereocenters. The zero-order chi connectivity index (χ0) is 35.0. The molecule has 0 aliphatic rings. The molecule has 0 bridgehead atoms. The van der Waals surface area contributed by atoms with Crippen LogP contribution in [0.3, 0.4) is 0 Å². The molecule has 3 aromatic heterocycles. The van der Waals surface area contributed by atoms with Crippen LogP contribution in [0.2, 0.25) is 0 Å². The molecule has 245 valence electrons. The molecule has 4 heteroatoms. The van der Waals surface area contributed by atoms with Crippen LogP contribution >= 0.6 is 0 Å². The van der Waals surface area contributed by atoms with E-state index >= 15 is 0 Å². The van der Waals surface area contributed by atoms with Gasteiger partial charge in [0.2, 0.25) is 0 Å². The number of hydrogen-bond donors (Lipinski definition) is 0. The van der Waals surface area contributed by atoms with Crippen molar-refractivity contribution in [3.63, 3.8) is 0 Å². The van der Waals surface area contributed by atoms with Gasteiger partial charge in [-0.2, -0.15) is 0 Å². The van der Waals surface area contributed by atoms with E-state index in [0.717, 1.165) is 60.7 Å². The van der Waals surface area contributed by atoms with Gasteiger partial charge in [0.15, 0.2) is 0 Å². The van der Waals surface area contributed by atoms with Gasteiger partial charge in [-0.3, -0.25) is 0 Å². The Labute approximate surface area is 305 Å². The predicted molar refractivity (Wildman–Crippen MR) is 200 cm³/mol. The molecule has 8 rings (SSSR count). The van der Waals surface area contributed by atoms with Crippen LogP contribution in [0.15, 0.2) is 132 Å². The van der Waals surface area contributed by atoms with Crippen molar-refractivity contribution < 1.29 is 27.3 Å². The van der Waals surface area contributed by atoms with Gasteiger partial charge in [0.05, 0.1) is 0 Å². The third-order valence-electron chi connectivity index (χ3n) is 8.22. The van der Waals surface area contributed by atoms with Gasteiger partial charge < -0.3 is 14.4 Å². The van der Waals surface area contributed by atoms with Crippen molar-refractivity contribution in [2.24, 2.45) is 5.41 Å². The smallest absolute Gasteiger partial charge is 0.136 e. The molecule has 0 N–H and O–H groups in total. The fraction of sp³-hybridized carbons (Fsp3) is 0.156. The second-order valence-corrected chi connectivity index (χ2v) is 13.2. The summed E-state index contributed by atoms with van der Waals surface area (Å²) in [6.45, 7) is 9.85. The van der Waals surface area contributed by atoms with E-state index < -0.39 is 11.8 Å². The van der Waals surface area contributed by atoms with E-state index in [4.69, 9.17) is 7.16 Å². The first-order valence-electron chi connectivity index (χ1n) is 17.2. The van der Waals surface area contributed by atoms with Crippen molar-refractivity contribution in [2.45, 2.75) is 41.0 Å². The Balaban J connectivity index is 0.000000251. The molecule has 0 aliphatic carbocycles. The monoisotopic (exact) mass is 817 g/mol. The average Bonchev–Trinajstić information content (AvgIpc) is 3.51. The minimum Gasteiger partial charge on any atom is -0.456 e. The van der Waals surface area contributed by atoms with E-state index in [1.807, 2.05) is 82.4 Å². The zero-order valence-electron chi connectivity index (χ0n) is 30.3. The maximum Gasteiger partial charge on any atom is 0.136 e. The van der Waals surface area contributed by atoms with Crippen molar-refractivity contribution in [3.05, 3.63) is 156 Å². The summed E-state index contributed by atoms with van der Waals surface area (Å²) in [6, 6.07) is 45.1. The number of hydrogen-bond acceptors (Lipinski definition) is 3. The SMILES string of the molecule is Cc1c[c-]c(-c2ccc(C)cn2)cc1.[2H]C([2H])(c1ccnc(-c2[c-]ccc(-c3cccc4c3ccc3oc5ccccc5c34)c2)c1)C(C)(C)C.[Ir]. The maximum atomic E-state index is 8.68. The molecular weight excluding hydrogens is 777 g/mol. The second kappa shape index (κ2) is 14.3. The first kappa shape index (κ1) is 31.4. The van der Waals surface area contributed by atoms with Crippen LogP contribution in [-0.4, -0.2) is 9.97 Å². The number of benzene rings is 5. The van der Waals surface area contributed by atoms with Gasteiger partial charge in [-0.1, -0.05) is 93.9 Å². The third kappa shape index (κ3) is 7.57. The number of pyridine rings is 2. The van der Waals surface area contributed by atoms with Gasteiger partial charge in [0.25, 0.3) is 0 Å². The van der Waals surface area contributed by atoms with Crippen molar-refractivity contribution >= 4 is 32.7 Å². The number of fused-ring (bicyclic) bond motifs is 5. The molecular formula is C45H38IrN2O-2. The molecule has 3 heterocycles. The fourth-order valence-electron chi connectivity index (χ4n) is 5.99. The average molecular weight is 817 g/mol. The molecule has 0 unspecified atom stereocenters. The summed E-state index contributed by atoms with van der Waals surface area (Å²) in [5.74, 6) is 0. The first-order valence-corrected chi connectivity index (χ1v) is 16.2. The summed E-state index contributed by atoms with van der Waals surface area (Å²) in [4.78, 5) is 8.91. The van der Waals surface area contributed by atoms with Crippen LogP contribution in [0.25, 0.3) is 66.4 Å². The van der Waals surface area contributed by atoms with Gasteiger partial charge in [0.1, 0.15) is 11.2 Å². The molecule has 5 aromatic carbocycles. The van der Waals surface area contributed by atoms with E-state index in [1.54, 1.807) is 12.3 Å². The third-order valence-corrected chi connectivity index (χ3v) is 8.22. The number of furan rings is 1. The molecule has 3 nitrogen and oxygen atoms in total. The van der Waals surface area contributed by atoms with Crippen molar-refractivity contribution in [3.8, 4) is 33.6 Å². The summed E-state index contributed by atoms with van der Waals surface area (Å²) >= 11 is 0. The van der Waals surface area contributed by atoms with E-state index in [-0.39, 0.29) is 20.1 Å². The molecule has 0 aliphatic heterocycles. The Morgan fingerprint density at radius 1 is 0.694 bits per heavy atom. The predicted octanol–water partition coefficient (Wildman–Crippen LogP) is 12.0. The molecule has 1 radical (unpaired) electrons. The maximum absolute atomic E-state index is 8.68. The van der Waals surface area contributed by atoms with Gasteiger partial charge in [-0.15, -0.1) is 70.8 Å². The van der Waals surface area contributed by atoms with Crippen LogP contribution in [0.5, 0.6) is 0 Å². The van der Waals surface area contributed by atoms with Gasteiger partial charge in [-0.05, 0) is 70.2 Å². The Morgan fingerprint density at radius 3 is 2.29 bits per heavy atom. The molecule has 0 saturated carbocycles. The van der Waals surface area contributed by atoms with E-state index in [2.05, 4.69) is 89.7 Å². The number of aromatic nitrogens is 2. The Hall–Kier alpha value is -4.89. The quantitative estimate of drug-likeness (QED) is 0.166. The van der Waals surface area contributed by atoms with Crippen LogP contribution < -0.4 is 0 Å². The topological polar surface area (TPSA) is 38.9 Å². The Kier molecular flexibility index (Phi) is 9.16. The largest absolute Gasteiger partial charge is 0.456 e. The second-order valence-electron chi connectivity index (χ2n) is 13.2. The van der Waals surface area contributed by atoms with Gasteiger partial charge >= 0.3 is 0 Å². The van der Waals surface area contributed by atoms with Gasteiger partial charge in [-0.25, -0.2) is 0 Å². The summed E-state index contributed by atoms with van der Waals surface area (Å²) in [5.41, 5.74) is 10.0. The molecule has 0 amide bonds. The van der Waals surface area contributed by atoms with Crippen molar-refractivity contribution in [1.82, 2.24) is 9.97 Å². The summed E-state index contributed by atoms with van der Waals surface area (Å²) < 4.78 is 23.5. The van der Waals surface area contributed by atoms with Crippen molar-refractivity contribution in [2.75, 3.05) is 0 Å². The first-order chi connectivity index (χ1) is 24.0. The number of aryl methyl sites for hydroxylation is 2. The molecule has 0 fully saturated rings.